The van der Waals surface area contributed by atoms with Crippen LogP contribution in [0.15, 0.2) is 6.33 Å². The number of hydrogen-bond acceptors (Lipinski definition) is 5. The molecule has 17 heavy (non-hydrogen) atoms. The van der Waals surface area contributed by atoms with Crippen molar-refractivity contribution in [2.45, 2.75) is 31.9 Å². The topological polar surface area (TPSA) is 56.3 Å². The number of ether oxygens (including phenoxy) is 2. The molecule has 5 heteroatoms. The Balaban J connectivity index is 1.69. The molecule has 1 fully saturated rings. The van der Waals surface area contributed by atoms with Gasteiger partial charge >= 0.3 is 0 Å². The predicted molar refractivity (Wildman–Crippen MR) is 61.9 cm³/mol. The Kier molecular flexibility index (Phi) is 3.20. The van der Waals surface area contributed by atoms with Gasteiger partial charge in [0.15, 0.2) is 0 Å². The summed E-state index contributed by atoms with van der Waals surface area (Å²) in [7, 11) is 0. The molecule has 0 aliphatic carbocycles. The first kappa shape index (κ1) is 10.9. The van der Waals surface area contributed by atoms with Gasteiger partial charge in [-0.25, -0.2) is 9.97 Å². The maximum atomic E-state index is 5.77. The van der Waals surface area contributed by atoms with Crippen LogP contribution in [0.3, 0.4) is 0 Å². The first-order valence-electron chi connectivity index (χ1n) is 6.21. The van der Waals surface area contributed by atoms with E-state index in [2.05, 4.69) is 15.3 Å². The smallest absolute Gasteiger partial charge is 0.221 e. The quantitative estimate of drug-likeness (QED) is 0.835. The van der Waals surface area contributed by atoms with E-state index < -0.39 is 0 Å². The molecule has 0 bridgehead atoms. The van der Waals surface area contributed by atoms with Gasteiger partial charge in [-0.3, -0.25) is 0 Å². The van der Waals surface area contributed by atoms with Crippen LogP contribution in [0.4, 0.5) is 0 Å². The normalized spacial score (nSPS) is 23.4. The highest BCUT2D eigenvalue weighted by Crippen LogP contribution is 2.21. The van der Waals surface area contributed by atoms with Crippen molar-refractivity contribution in [1.82, 2.24) is 15.3 Å². The molecule has 0 saturated carbocycles. The van der Waals surface area contributed by atoms with Crippen LogP contribution in [-0.4, -0.2) is 35.8 Å². The van der Waals surface area contributed by atoms with Gasteiger partial charge in [0.2, 0.25) is 5.88 Å². The van der Waals surface area contributed by atoms with E-state index in [1.165, 1.54) is 0 Å². The summed E-state index contributed by atoms with van der Waals surface area (Å²) in [4.78, 5) is 8.52. The van der Waals surface area contributed by atoms with Crippen molar-refractivity contribution in [1.29, 1.82) is 0 Å². The minimum atomic E-state index is 0.233. The Hall–Kier alpha value is -1.20. The van der Waals surface area contributed by atoms with Crippen LogP contribution >= 0.6 is 0 Å². The largest absolute Gasteiger partial charge is 0.475 e. The van der Waals surface area contributed by atoms with Gasteiger partial charge in [0, 0.05) is 31.7 Å². The molecule has 1 saturated heterocycles. The fourth-order valence-electron chi connectivity index (χ4n) is 2.32. The third-order valence-electron chi connectivity index (χ3n) is 3.27. The lowest BCUT2D eigenvalue weighted by Crippen LogP contribution is -2.26. The van der Waals surface area contributed by atoms with Gasteiger partial charge in [-0.1, -0.05) is 0 Å². The Morgan fingerprint density at radius 1 is 1.47 bits per heavy atom. The molecule has 92 valence electrons. The third kappa shape index (κ3) is 2.40. The number of aromatic nitrogens is 2. The number of fused-ring (bicyclic) bond motifs is 1. The molecule has 1 atom stereocenters. The second-order valence-corrected chi connectivity index (χ2v) is 4.48. The summed E-state index contributed by atoms with van der Waals surface area (Å²) in [5.74, 6) is 0.720. The van der Waals surface area contributed by atoms with Crippen molar-refractivity contribution >= 4 is 0 Å². The van der Waals surface area contributed by atoms with Crippen molar-refractivity contribution in [3.63, 3.8) is 0 Å². The summed E-state index contributed by atoms with van der Waals surface area (Å²) in [5, 5.41) is 3.32. The Bertz CT molecular complexity index is 391. The van der Waals surface area contributed by atoms with Crippen molar-refractivity contribution < 1.29 is 9.47 Å². The minimum absolute atomic E-state index is 0.233. The molecule has 0 radical (unpaired) electrons. The van der Waals surface area contributed by atoms with E-state index in [4.69, 9.17) is 9.47 Å². The molecule has 3 rings (SSSR count). The molecular formula is C12H17N3O2. The average molecular weight is 235 g/mol. The van der Waals surface area contributed by atoms with Crippen molar-refractivity contribution in [2.75, 3.05) is 19.8 Å². The van der Waals surface area contributed by atoms with Crippen LogP contribution in [0.2, 0.25) is 0 Å². The Morgan fingerprint density at radius 3 is 3.35 bits per heavy atom. The predicted octanol–water partition coefficient (Wildman–Crippen LogP) is 0.680. The maximum absolute atomic E-state index is 5.77. The highest BCUT2D eigenvalue weighted by atomic mass is 16.5. The van der Waals surface area contributed by atoms with E-state index >= 15 is 0 Å². The van der Waals surface area contributed by atoms with E-state index in [0.29, 0.717) is 6.61 Å². The number of rotatable bonds is 3. The zero-order chi connectivity index (χ0) is 11.5. The van der Waals surface area contributed by atoms with Crippen LogP contribution in [0, 0.1) is 0 Å². The molecule has 0 spiro atoms. The van der Waals surface area contributed by atoms with Gasteiger partial charge in [-0.15, -0.1) is 0 Å². The molecule has 0 aromatic carbocycles. The fourth-order valence-corrected chi connectivity index (χ4v) is 2.32. The maximum Gasteiger partial charge on any atom is 0.221 e. The van der Waals surface area contributed by atoms with Crippen molar-refractivity contribution in [3.8, 4) is 5.88 Å². The first-order valence-corrected chi connectivity index (χ1v) is 6.21. The van der Waals surface area contributed by atoms with Crippen LogP contribution in [-0.2, 0) is 17.7 Å². The molecule has 1 unspecified atom stereocenters. The van der Waals surface area contributed by atoms with Crippen LogP contribution in [0.1, 0.15) is 24.1 Å². The monoisotopic (exact) mass is 235 g/mol. The number of nitrogens with one attached hydrogen (secondary N) is 1. The van der Waals surface area contributed by atoms with Crippen LogP contribution < -0.4 is 10.1 Å². The lowest BCUT2D eigenvalue weighted by Gasteiger charge is -2.19. The Labute approximate surface area is 101 Å². The second kappa shape index (κ2) is 4.98. The summed E-state index contributed by atoms with van der Waals surface area (Å²) in [6, 6.07) is 0. The zero-order valence-corrected chi connectivity index (χ0v) is 9.82. The van der Waals surface area contributed by atoms with Gasteiger partial charge in [-0.05, 0) is 12.8 Å². The van der Waals surface area contributed by atoms with E-state index in [1.807, 2.05) is 0 Å². The first-order chi connectivity index (χ1) is 8.43. The molecule has 2 aliphatic heterocycles. The molecule has 1 aromatic heterocycles. The van der Waals surface area contributed by atoms with E-state index in [9.17, 15) is 0 Å². The third-order valence-corrected chi connectivity index (χ3v) is 3.27. The summed E-state index contributed by atoms with van der Waals surface area (Å²) < 4.78 is 11.3. The van der Waals surface area contributed by atoms with E-state index in [1.54, 1.807) is 6.33 Å². The minimum Gasteiger partial charge on any atom is -0.475 e. The fraction of sp³-hybridized carbons (Fsp3) is 0.667. The average Bonchev–Trinajstić information content (AvgIpc) is 2.89. The molecule has 2 aliphatic rings. The van der Waals surface area contributed by atoms with Gasteiger partial charge in [0.25, 0.3) is 0 Å². The van der Waals surface area contributed by atoms with Gasteiger partial charge in [0.05, 0.1) is 11.8 Å². The second-order valence-electron chi connectivity index (χ2n) is 4.48. The lowest BCUT2D eigenvalue weighted by molar-refractivity contribution is 0.0657. The summed E-state index contributed by atoms with van der Waals surface area (Å²) in [6.07, 6.45) is 5.00. The molecule has 0 amide bonds. The molecule has 1 aromatic rings. The van der Waals surface area contributed by atoms with Gasteiger partial charge in [0.1, 0.15) is 12.9 Å². The summed E-state index contributed by atoms with van der Waals surface area (Å²) in [5.41, 5.74) is 2.22. The van der Waals surface area contributed by atoms with Crippen LogP contribution in [0.5, 0.6) is 5.88 Å². The zero-order valence-electron chi connectivity index (χ0n) is 9.82. The SMILES string of the molecule is c1nc2c(c(OCC3CCCO3)n1)CNCC2. The number of nitrogens with zero attached hydrogens (tertiary/aromatic N) is 2. The summed E-state index contributed by atoms with van der Waals surface area (Å²) >= 11 is 0. The molecule has 5 nitrogen and oxygen atoms in total. The van der Waals surface area contributed by atoms with Crippen molar-refractivity contribution in [2.24, 2.45) is 0 Å². The van der Waals surface area contributed by atoms with E-state index in [-0.39, 0.29) is 6.10 Å². The molecule has 3 heterocycles. The lowest BCUT2D eigenvalue weighted by atomic mass is 10.1. The van der Waals surface area contributed by atoms with Gasteiger partial charge < -0.3 is 14.8 Å². The van der Waals surface area contributed by atoms with Crippen molar-refractivity contribution in [3.05, 3.63) is 17.6 Å². The molecule has 1 N–H and O–H groups in total. The van der Waals surface area contributed by atoms with E-state index in [0.717, 1.165) is 56.1 Å². The highest BCUT2D eigenvalue weighted by Gasteiger charge is 2.19. The summed E-state index contributed by atoms with van der Waals surface area (Å²) in [6.45, 7) is 3.24. The standard InChI is InChI=1S/C12H17N3O2/c1-2-9(16-5-1)7-17-12-10-6-13-4-3-11(10)14-8-15-12/h8-9,13H,1-7H2. The highest BCUT2D eigenvalue weighted by molar-refractivity contribution is 5.31. The van der Waals surface area contributed by atoms with Crippen LogP contribution in [0.25, 0.3) is 0 Å². The number of hydrogen-bond donors (Lipinski definition) is 1. The molecular weight excluding hydrogens is 218 g/mol. The van der Waals surface area contributed by atoms with Gasteiger partial charge in [-0.2, -0.15) is 0 Å². The Morgan fingerprint density at radius 2 is 2.47 bits per heavy atom.